The van der Waals surface area contributed by atoms with Gasteiger partial charge in [0.25, 0.3) is 0 Å². The van der Waals surface area contributed by atoms with E-state index in [2.05, 4.69) is 10.1 Å². The fourth-order valence-electron chi connectivity index (χ4n) is 4.40. The van der Waals surface area contributed by atoms with Crippen LogP contribution >= 0.6 is 0 Å². The Balaban J connectivity index is 1.31. The van der Waals surface area contributed by atoms with Gasteiger partial charge in [0.05, 0.1) is 10.8 Å². The molecule has 5 rings (SSSR count). The molecule has 1 atom stereocenters. The quantitative estimate of drug-likeness (QED) is 0.568. The third kappa shape index (κ3) is 4.30. The van der Waals surface area contributed by atoms with E-state index in [0.717, 1.165) is 30.5 Å². The van der Waals surface area contributed by atoms with Crippen molar-refractivity contribution in [1.82, 2.24) is 14.4 Å². The van der Waals surface area contributed by atoms with E-state index in [-0.39, 0.29) is 16.7 Å². The van der Waals surface area contributed by atoms with Gasteiger partial charge in [-0.3, -0.25) is 4.79 Å². The molecule has 2 saturated heterocycles. The number of benzene rings is 2. The molecule has 9 heteroatoms. The predicted molar refractivity (Wildman–Crippen MR) is 123 cm³/mol. The van der Waals surface area contributed by atoms with Crippen LogP contribution in [0.15, 0.2) is 57.9 Å². The normalized spacial score (nSPS) is 19.8. The van der Waals surface area contributed by atoms with Crippen LogP contribution in [0.1, 0.15) is 43.1 Å². The first-order chi connectivity index (χ1) is 15.9. The van der Waals surface area contributed by atoms with Crippen LogP contribution in [-0.2, 0) is 14.8 Å². The van der Waals surface area contributed by atoms with Crippen LogP contribution in [0.2, 0.25) is 0 Å². The van der Waals surface area contributed by atoms with Gasteiger partial charge in [0.1, 0.15) is 0 Å². The first kappa shape index (κ1) is 21.8. The molecule has 0 spiro atoms. The van der Waals surface area contributed by atoms with E-state index in [1.54, 1.807) is 33.5 Å². The number of nitrogens with zero attached hydrogens (tertiary/aromatic N) is 4. The molecule has 2 aliphatic heterocycles. The van der Waals surface area contributed by atoms with Crippen molar-refractivity contribution in [1.29, 1.82) is 0 Å². The Kier molecular flexibility index (Phi) is 5.76. The lowest BCUT2D eigenvalue weighted by Gasteiger charge is -2.25. The molecule has 0 bridgehead atoms. The summed E-state index contributed by atoms with van der Waals surface area (Å²) in [6, 6.07) is 14.4. The van der Waals surface area contributed by atoms with E-state index >= 15 is 0 Å². The van der Waals surface area contributed by atoms with Crippen molar-refractivity contribution in [2.75, 3.05) is 24.5 Å². The zero-order valence-corrected chi connectivity index (χ0v) is 19.3. The van der Waals surface area contributed by atoms with E-state index in [1.165, 1.54) is 0 Å². The molecule has 1 amide bonds. The summed E-state index contributed by atoms with van der Waals surface area (Å²) in [7, 11) is -3.48. The fourth-order valence-corrected chi connectivity index (χ4v) is 5.91. The smallest absolute Gasteiger partial charge is 0.243 e. The predicted octanol–water partition coefficient (Wildman–Crippen LogP) is 3.74. The number of aryl methyl sites for hydroxylation is 1. The first-order valence-corrected chi connectivity index (χ1v) is 12.7. The zero-order valence-electron chi connectivity index (χ0n) is 18.5. The number of piperidine rings is 1. The maximum Gasteiger partial charge on any atom is 0.243 e. The molecule has 0 aliphatic carbocycles. The number of rotatable bonds is 5. The lowest BCUT2D eigenvalue weighted by Crippen LogP contribution is -2.35. The first-order valence-electron chi connectivity index (χ1n) is 11.2. The number of anilines is 1. The van der Waals surface area contributed by atoms with Crippen molar-refractivity contribution in [2.24, 2.45) is 0 Å². The molecule has 3 aromatic rings. The molecule has 2 fully saturated rings. The van der Waals surface area contributed by atoms with Crippen LogP contribution < -0.4 is 4.90 Å². The van der Waals surface area contributed by atoms with Crippen LogP contribution in [0.4, 0.5) is 5.69 Å². The van der Waals surface area contributed by atoms with Gasteiger partial charge in [0, 0.05) is 37.3 Å². The summed E-state index contributed by atoms with van der Waals surface area (Å²) in [5, 5.41) is 4.07. The summed E-state index contributed by atoms with van der Waals surface area (Å²) in [4.78, 5) is 19.1. The summed E-state index contributed by atoms with van der Waals surface area (Å²) in [5.41, 5.74) is 2.67. The van der Waals surface area contributed by atoms with Crippen LogP contribution in [0.25, 0.3) is 11.4 Å². The number of sulfonamides is 1. The third-order valence-electron chi connectivity index (χ3n) is 6.33. The Morgan fingerprint density at radius 1 is 0.970 bits per heavy atom. The monoisotopic (exact) mass is 466 g/mol. The average Bonchev–Trinajstić information content (AvgIpc) is 3.47. The van der Waals surface area contributed by atoms with Gasteiger partial charge in [0.15, 0.2) is 0 Å². The minimum Gasteiger partial charge on any atom is -0.339 e. The van der Waals surface area contributed by atoms with Crippen LogP contribution in [-0.4, -0.2) is 48.4 Å². The molecule has 2 aromatic carbocycles. The Morgan fingerprint density at radius 2 is 1.67 bits per heavy atom. The Morgan fingerprint density at radius 3 is 2.36 bits per heavy atom. The van der Waals surface area contributed by atoms with Crippen molar-refractivity contribution in [2.45, 2.75) is 43.4 Å². The molecule has 1 aromatic heterocycles. The van der Waals surface area contributed by atoms with Crippen molar-refractivity contribution < 1.29 is 17.7 Å². The standard InChI is InChI=1S/C24H26N4O4S/c1-17-5-9-20(10-6-17)28-16-19(15-22(28)29)24-25-23(26-32-24)18-7-11-21(12-8-18)33(30,31)27-13-3-2-4-14-27/h5-12,19H,2-4,13-16H2,1H3/t19-/m1/s1. The highest BCUT2D eigenvalue weighted by Crippen LogP contribution is 2.32. The SMILES string of the molecule is Cc1ccc(N2C[C@H](c3nc(-c4ccc(S(=O)(=O)N5CCCCC5)cc4)no3)CC2=O)cc1. The molecule has 172 valence electrons. The van der Waals surface area contributed by atoms with Gasteiger partial charge < -0.3 is 9.42 Å². The van der Waals surface area contributed by atoms with Gasteiger partial charge in [-0.1, -0.05) is 29.3 Å². The third-order valence-corrected chi connectivity index (χ3v) is 8.24. The summed E-state index contributed by atoms with van der Waals surface area (Å²) in [6.07, 6.45) is 3.17. The summed E-state index contributed by atoms with van der Waals surface area (Å²) < 4.78 is 32.7. The van der Waals surface area contributed by atoms with Crippen LogP contribution in [0.5, 0.6) is 0 Å². The molecule has 0 N–H and O–H groups in total. The van der Waals surface area contributed by atoms with Gasteiger partial charge in [-0.05, 0) is 56.2 Å². The molecular formula is C24H26N4O4S. The molecule has 33 heavy (non-hydrogen) atoms. The van der Waals surface area contributed by atoms with Crippen molar-refractivity contribution in [3.05, 3.63) is 60.0 Å². The van der Waals surface area contributed by atoms with Crippen LogP contribution in [0, 0.1) is 6.92 Å². The second kappa shape index (κ2) is 8.72. The van der Waals surface area contributed by atoms with Gasteiger partial charge in [-0.2, -0.15) is 9.29 Å². The van der Waals surface area contributed by atoms with E-state index < -0.39 is 10.0 Å². The zero-order chi connectivity index (χ0) is 23.0. The molecule has 0 radical (unpaired) electrons. The van der Waals surface area contributed by atoms with Gasteiger partial charge in [0.2, 0.25) is 27.6 Å². The van der Waals surface area contributed by atoms with E-state index in [1.807, 2.05) is 31.2 Å². The van der Waals surface area contributed by atoms with E-state index in [9.17, 15) is 13.2 Å². The number of carbonyl (C=O) groups is 1. The molecule has 8 nitrogen and oxygen atoms in total. The van der Waals surface area contributed by atoms with Crippen molar-refractivity contribution >= 4 is 21.6 Å². The summed E-state index contributed by atoms with van der Waals surface area (Å²) in [6.45, 7) is 3.63. The number of aromatic nitrogens is 2. The van der Waals surface area contributed by atoms with Gasteiger partial charge in [-0.25, -0.2) is 8.42 Å². The number of amides is 1. The summed E-state index contributed by atoms with van der Waals surface area (Å²) in [5.74, 6) is 0.640. The van der Waals surface area contributed by atoms with Crippen molar-refractivity contribution in [3.63, 3.8) is 0 Å². The molecule has 3 heterocycles. The largest absolute Gasteiger partial charge is 0.339 e. The lowest BCUT2D eigenvalue weighted by molar-refractivity contribution is -0.117. The number of hydrogen-bond donors (Lipinski definition) is 0. The van der Waals surface area contributed by atoms with E-state index in [0.29, 0.717) is 43.3 Å². The van der Waals surface area contributed by atoms with Gasteiger partial charge in [-0.15, -0.1) is 0 Å². The fraction of sp³-hybridized carbons (Fsp3) is 0.375. The maximum absolute atomic E-state index is 12.8. The molecule has 0 unspecified atom stereocenters. The van der Waals surface area contributed by atoms with Gasteiger partial charge >= 0.3 is 0 Å². The Hall–Kier alpha value is -3.04. The van der Waals surface area contributed by atoms with Crippen LogP contribution in [0.3, 0.4) is 0 Å². The second-order valence-electron chi connectivity index (χ2n) is 8.69. The molecule has 2 aliphatic rings. The highest BCUT2D eigenvalue weighted by atomic mass is 32.2. The molecule has 0 saturated carbocycles. The van der Waals surface area contributed by atoms with Crippen molar-refractivity contribution in [3.8, 4) is 11.4 Å². The Bertz CT molecular complexity index is 1250. The topological polar surface area (TPSA) is 96.6 Å². The number of carbonyl (C=O) groups excluding carboxylic acids is 1. The maximum atomic E-state index is 12.8. The number of hydrogen-bond acceptors (Lipinski definition) is 6. The lowest BCUT2D eigenvalue weighted by atomic mass is 10.1. The summed E-state index contributed by atoms with van der Waals surface area (Å²) >= 11 is 0. The molecular weight excluding hydrogens is 440 g/mol. The minimum atomic E-state index is -3.48. The van der Waals surface area contributed by atoms with E-state index in [4.69, 9.17) is 4.52 Å². The highest BCUT2D eigenvalue weighted by molar-refractivity contribution is 7.89. The Labute approximate surface area is 193 Å². The minimum absolute atomic E-state index is 0.0240. The average molecular weight is 467 g/mol. The highest BCUT2D eigenvalue weighted by Gasteiger charge is 2.35. The second-order valence-corrected chi connectivity index (χ2v) is 10.6.